The maximum Gasteiger partial charge on any atom is 0.182 e. The van der Waals surface area contributed by atoms with E-state index in [0.29, 0.717) is 5.92 Å². The third-order valence-corrected chi connectivity index (χ3v) is 4.92. The Labute approximate surface area is 138 Å². The molecule has 0 saturated carbocycles. The monoisotopic (exact) mass is 319 g/mol. The molecule has 1 saturated heterocycles. The average molecular weight is 319 g/mol. The van der Waals surface area contributed by atoms with E-state index in [2.05, 4.69) is 47.1 Å². The van der Waals surface area contributed by atoms with Crippen molar-refractivity contribution in [3.8, 4) is 0 Å². The first-order valence-corrected chi connectivity index (χ1v) is 8.21. The molecule has 1 aliphatic rings. The number of rotatable bonds is 2. The highest BCUT2D eigenvalue weighted by atomic mass is 15.2. The second-order valence-corrected chi connectivity index (χ2v) is 6.20. The molecular formula is C17H17N7. The van der Waals surface area contributed by atoms with Gasteiger partial charge in [0.05, 0.1) is 6.33 Å². The number of pyridine rings is 1. The van der Waals surface area contributed by atoms with Crippen molar-refractivity contribution < 1.29 is 0 Å². The maximum absolute atomic E-state index is 4.47. The first-order valence-electron chi connectivity index (χ1n) is 8.21. The molecule has 0 unspecified atom stereocenters. The summed E-state index contributed by atoms with van der Waals surface area (Å²) >= 11 is 0. The molecule has 0 radical (unpaired) electrons. The van der Waals surface area contributed by atoms with Gasteiger partial charge in [-0.05, 0) is 36.5 Å². The van der Waals surface area contributed by atoms with Gasteiger partial charge in [0.2, 0.25) is 0 Å². The highest BCUT2D eigenvalue weighted by Crippen LogP contribution is 2.34. The van der Waals surface area contributed by atoms with E-state index in [1.807, 2.05) is 12.3 Å². The Kier molecular flexibility index (Phi) is 2.97. The average Bonchev–Trinajstić information content (AvgIpc) is 3.28. The van der Waals surface area contributed by atoms with Crippen molar-refractivity contribution >= 4 is 28.0 Å². The van der Waals surface area contributed by atoms with Gasteiger partial charge >= 0.3 is 0 Å². The molecule has 0 aromatic carbocycles. The summed E-state index contributed by atoms with van der Waals surface area (Å²) in [6, 6.07) is 4.16. The molecule has 7 nitrogen and oxygen atoms in total. The first-order chi connectivity index (χ1) is 11.9. The normalized spacial score (nSPS) is 16.2. The van der Waals surface area contributed by atoms with Crippen LogP contribution < -0.4 is 4.90 Å². The van der Waals surface area contributed by atoms with Gasteiger partial charge in [0.15, 0.2) is 11.5 Å². The predicted octanol–water partition coefficient (Wildman–Crippen LogP) is 2.61. The zero-order valence-electron chi connectivity index (χ0n) is 13.1. The molecule has 4 aromatic heterocycles. The van der Waals surface area contributed by atoms with Crippen LogP contribution >= 0.6 is 0 Å². The first kappa shape index (κ1) is 13.5. The Morgan fingerprint density at radius 3 is 2.88 bits per heavy atom. The quantitative estimate of drug-likeness (QED) is 0.593. The smallest absolute Gasteiger partial charge is 0.182 e. The number of aromatic amines is 2. The van der Waals surface area contributed by atoms with Gasteiger partial charge in [-0.15, -0.1) is 0 Å². The summed E-state index contributed by atoms with van der Waals surface area (Å²) in [6.07, 6.45) is 9.42. The van der Waals surface area contributed by atoms with Gasteiger partial charge in [0.25, 0.3) is 0 Å². The van der Waals surface area contributed by atoms with E-state index in [1.165, 1.54) is 10.9 Å². The van der Waals surface area contributed by atoms with E-state index in [-0.39, 0.29) is 0 Å². The fraction of sp³-hybridized carbons (Fsp3) is 0.294. The van der Waals surface area contributed by atoms with Gasteiger partial charge in [0, 0.05) is 30.9 Å². The topological polar surface area (TPSA) is 86.4 Å². The summed E-state index contributed by atoms with van der Waals surface area (Å²) in [5.41, 5.74) is 4.01. The van der Waals surface area contributed by atoms with Crippen LogP contribution in [0.4, 0.5) is 5.82 Å². The van der Waals surface area contributed by atoms with Crippen molar-refractivity contribution in [1.29, 1.82) is 0 Å². The Morgan fingerprint density at radius 2 is 1.96 bits per heavy atom. The Balaban J connectivity index is 1.40. The number of nitrogens with one attached hydrogen (secondary N) is 2. The molecule has 0 spiro atoms. The van der Waals surface area contributed by atoms with E-state index in [4.69, 9.17) is 0 Å². The van der Waals surface area contributed by atoms with Crippen molar-refractivity contribution in [2.24, 2.45) is 0 Å². The molecule has 120 valence electrons. The van der Waals surface area contributed by atoms with E-state index in [9.17, 15) is 0 Å². The number of hydrogen-bond donors (Lipinski definition) is 2. The molecule has 5 rings (SSSR count). The standard InChI is InChI=1S/C17H17N7/c1-2-12-13(8-19-15(12)18-5-1)11-3-6-24(7-4-11)17-14-16(21-9-20-14)22-10-23-17/h1-2,5,8-11H,3-4,6-7H2,(H,18,19)(H,20,21,22,23). The molecule has 1 aliphatic heterocycles. The van der Waals surface area contributed by atoms with Crippen LogP contribution in [0.3, 0.4) is 0 Å². The number of aromatic nitrogens is 6. The fourth-order valence-corrected chi connectivity index (χ4v) is 3.71. The highest BCUT2D eigenvalue weighted by molar-refractivity contribution is 5.83. The lowest BCUT2D eigenvalue weighted by atomic mass is 9.89. The number of imidazole rings is 1. The fourth-order valence-electron chi connectivity index (χ4n) is 3.71. The van der Waals surface area contributed by atoms with Crippen molar-refractivity contribution in [2.45, 2.75) is 18.8 Å². The lowest BCUT2D eigenvalue weighted by molar-refractivity contribution is 0.505. The van der Waals surface area contributed by atoms with Gasteiger partial charge < -0.3 is 14.9 Å². The molecule has 7 heteroatoms. The zero-order valence-corrected chi connectivity index (χ0v) is 13.1. The Morgan fingerprint density at radius 1 is 1.04 bits per heavy atom. The molecule has 1 fully saturated rings. The van der Waals surface area contributed by atoms with Crippen LogP contribution in [0.5, 0.6) is 0 Å². The van der Waals surface area contributed by atoms with Gasteiger partial charge in [-0.2, -0.15) is 0 Å². The Bertz CT molecular complexity index is 994. The number of nitrogens with zero attached hydrogens (tertiary/aromatic N) is 5. The largest absolute Gasteiger partial charge is 0.355 e. The van der Waals surface area contributed by atoms with Crippen LogP contribution in [0.1, 0.15) is 24.3 Å². The van der Waals surface area contributed by atoms with Crippen LogP contribution in [0.25, 0.3) is 22.2 Å². The second-order valence-electron chi connectivity index (χ2n) is 6.20. The molecule has 2 N–H and O–H groups in total. The molecule has 5 heterocycles. The van der Waals surface area contributed by atoms with Crippen LogP contribution in [0, 0.1) is 0 Å². The lowest BCUT2D eigenvalue weighted by Gasteiger charge is -2.32. The summed E-state index contributed by atoms with van der Waals surface area (Å²) in [6.45, 7) is 1.95. The summed E-state index contributed by atoms with van der Waals surface area (Å²) in [7, 11) is 0. The minimum absolute atomic E-state index is 0.554. The number of piperidine rings is 1. The Hall–Kier alpha value is -2.96. The van der Waals surface area contributed by atoms with Gasteiger partial charge in [-0.3, -0.25) is 0 Å². The van der Waals surface area contributed by atoms with Crippen molar-refractivity contribution in [3.05, 3.63) is 42.7 Å². The predicted molar refractivity (Wildman–Crippen MR) is 92.0 cm³/mol. The van der Waals surface area contributed by atoms with Crippen LogP contribution in [0.2, 0.25) is 0 Å². The maximum atomic E-state index is 4.47. The lowest BCUT2D eigenvalue weighted by Crippen LogP contribution is -2.33. The zero-order chi connectivity index (χ0) is 15.9. The summed E-state index contributed by atoms with van der Waals surface area (Å²) < 4.78 is 0. The number of H-pyrrole nitrogens is 2. The van der Waals surface area contributed by atoms with E-state index < -0.39 is 0 Å². The van der Waals surface area contributed by atoms with Crippen LogP contribution in [-0.2, 0) is 0 Å². The molecular weight excluding hydrogens is 302 g/mol. The summed E-state index contributed by atoms with van der Waals surface area (Å²) in [5, 5.41) is 1.24. The third kappa shape index (κ3) is 2.05. The van der Waals surface area contributed by atoms with Crippen molar-refractivity contribution in [2.75, 3.05) is 18.0 Å². The molecule has 24 heavy (non-hydrogen) atoms. The third-order valence-electron chi connectivity index (χ3n) is 4.92. The van der Waals surface area contributed by atoms with E-state index in [1.54, 1.807) is 12.7 Å². The van der Waals surface area contributed by atoms with E-state index in [0.717, 1.165) is 48.6 Å². The second kappa shape index (κ2) is 5.30. The van der Waals surface area contributed by atoms with Gasteiger partial charge in [0.1, 0.15) is 17.5 Å². The molecule has 4 aromatic rings. The summed E-state index contributed by atoms with van der Waals surface area (Å²) in [5.74, 6) is 1.51. The minimum Gasteiger partial charge on any atom is -0.355 e. The molecule has 0 atom stereocenters. The van der Waals surface area contributed by atoms with Crippen molar-refractivity contribution in [3.63, 3.8) is 0 Å². The molecule has 0 aliphatic carbocycles. The van der Waals surface area contributed by atoms with Gasteiger partial charge in [-0.25, -0.2) is 19.9 Å². The highest BCUT2D eigenvalue weighted by Gasteiger charge is 2.25. The minimum atomic E-state index is 0.554. The van der Waals surface area contributed by atoms with Gasteiger partial charge in [-0.1, -0.05) is 0 Å². The van der Waals surface area contributed by atoms with Crippen LogP contribution in [-0.4, -0.2) is 43.0 Å². The number of fused-ring (bicyclic) bond motifs is 2. The summed E-state index contributed by atoms with van der Waals surface area (Å²) in [4.78, 5) is 26.0. The van der Waals surface area contributed by atoms with Crippen LogP contribution in [0.15, 0.2) is 37.2 Å². The molecule has 0 bridgehead atoms. The number of anilines is 1. The number of hydrogen-bond acceptors (Lipinski definition) is 5. The van der Waals surface area contributed by atoms with Crippen molar-refractivity contribution in [1.82, 2.24) is 29.9 Å². The SMILES string of the molecule is c1cnc2[nH]cc(C3CCN(c4ncnc5nc[nH]c45)CC3)c2c1. The molecule has 0 amide bonds. The van der Waals surface area contributed by atoms with E-state index >= 15 is 0 Å².